The monoisotopic (exact) mass is 348 g/mol. The topological polar surface area (TPSA) is 83.8 Å². The van der Waals surface area contributed by atoms with E-state index in [1.165, 1.54) is 6.92 Å². The van der Waals surface area contributed by atoms with Gasteiger partial charge in [0.1, 0.15) is 0 Å². The molecular formula is C18H21O5P. The maximum absolute atomic E-state index is 13.2. The molecule has 2 aromatic rings. The molecule has 0 heterocycles. The highest BCUT2D eigenvalue weighted by atomic mass is 31.2. The van der Waals surface area contributed by atoms with E-state index in [9.17, 15) is 19.1 Å². The van der Waals surface area contributed by atoms with Crippen molar-refractivity contribution in [2.75, 3.05) is 0 Å². The van der Waals surface area contributed by atoms with Crippen LogP contribution in [0, 0.1) is 20.8 Å². The van der Waals surface area contributed by atoms with E-state index in [4.69, 9.17) is 4.52 Å². The number of rotatable bonds is 5. The lowest BCUT2D eigenvalue weighted by Crippen LogP contribution is -2.36. The van der Waals surface area contributed by atoms with E-state index in [0.29, 0.717) is 11.1 Å². The number of phosphoric acid groups is 1. The summed E-state index contributed by atoms with van der Waals surface area (Å²) < 4.78 is 16.5. The van der Waals surface area contributed by atoms with E-state index in [1.54, 1.807) is 44.2 Å². The predicted octanol–water partition coefficient (Wildman–Crippen LogP) is 3.82. The predicted molar refractivity (Wildman–Crippen MR) is 91.9 cm³/mol. The van der Waals surface area contributed by atoms with E-state index in [-0.39, 0.29) is 0 Å². The summed E-state index contributed by atoms with van der Waals surface area (Å²) >= 11 is 0. The van der Waals surface area contributed by atoms with Gasteiger partial charge in [-0.2, -0.15) is 0 Å². The Labute approximate surface area is 141 Å². The van der Waals surface area contributed by atoms with E-state index in [2.05, 4.69) is 0 Å². The Kier molecular flexibility index (Phi) is 5.11. The molecule has 0 amide bonds. The number of hydrogen-bond donors (Lipinski definition) is 2. The fraction of sp³-hybridized carbons (Fsp3) is 0.278. The zero-order valence-corrected chi connectivity index (χ0v) is 15.0. The van der Waals surface area contributed by atoms with E-state index in [0.717, 1.165) is 16.7 Å². The smallest absolute Gasteiger partial charge is 0.303 e. The lowest BCUT2D eigenvalue weighted by molar-refractivity contribution is 0.0351. The fourth-order valence-corrected chi connectivity index (χ4v) is 3.66. The van der Waals surface area contributed by atoms with Crippen molar-refractivity contribution in [1.82, 2.24) is 0 Å². The lowest BCUT2D eigenvalue weighted by atomic mass is 9.84. The minimum absolute atomic E-state index is 0.387. The molecule has 2 aromatic carbocycles. The highest BCUT2D eigenvalue weighted by Crippen LogP contribution is 2.47. The van der Waals surface area contributed by atoms with Crippen LogP contribution in [0.3, 0.4) is 0 Å². The lowest BCUT2D eigenvalue weighted by Gasteiger charge is -2.30. The summed E-state index contributed by atoms with van der Waals surface area (Å²) in [5.41, 5.74) is 1.52. The number of phosphoric ester groups is 1. The molecule has 2 rings (SSSR count). The van der Waals surface area contributed by atoms with Crippen LogP contribution in [0.2, 0.25) is 0 Å². The zero-order chi connectivity index (χ0) is 18.1. The van der Waals surface area contributed by atoms with Crippen LogP contribution in [0.4, 0.5) is 0 Å². The van der Waals surface area contributed by atoms with Gasteiger partial charge < -0.3 is 9.79 Å². The Morgan fingerprint density at radius 3 is 2.00 bits per heavy atom. The van der Waals surface area contributed by atoms with Gasteiger partial charge in [-0.25, -0.2) is 4.57 Å². The Morgan fingerprint density at radius 1 is 1.04 bits per heavy atom. The SMILES string of the molecule is Cc1cc(C)c(C(=O)C(C)(OP(=O)(O)O)c2ccccc2)c(C)c1. The van der Waals surface area contributed by atoms with Crippen LogP contribution >= 0.6 is 7.82 Å². The Hall–Kier alpha value is -1.78. The molecule has 24 heavy (non-hydrogen) atoms. The normalized spacial score (nSPS) is 14.2. The number of aryl methyl sites for hydroxylation is 3. The van der Waals surface area contributed by atoms with E-state index < -0.39 is 19.2 Å². The van der Waals surface area contributed by atoms with Crippen molar-refractivity contribution in [2.45, 2.75) is 33.3 Å². The molecule has 128 valence electrons. The van der Waals surface area contributed by atoms with Gasteiger partial charge in [0.2, 0.25) is 0 Å². The molecule has 0 aromatic heterocycles. The highest BCUT2D eigenvalue weighted by molar-refractivity contribution is 7.46. The summed E-state index contributed by atoms with van der Waals surface area (Å²) in [6.07, 6.45) is 0. The molecule has 5 nitrogen and oxygen atoms in total. The third-order valence-corrected chi connectivity index (χ3v) is 4.57. The second kappa shape index (κ2) is 6.61. The summed E-state index contributed by atoms with van der Waals surface area (Å²) in [5.74, 6) is -0.480. The average molecular weight is 348 g/mol. The molecule has 0 aliphatic carbocycles. The molecule has 1 atom stereocenters. The number of carbonyl (C=O) groups excluding carboxylic acids is 1. The number of Topliss-reactive ketones (excluding diaryl/α,β-unsaturated/α-hetero) is 1. The van der Waals surface area contributed by atoms with Crippen molar-refractivity contribution in [3.8, 4) is 0 Å². The van der Waals surface area contributed by atoms with Crippen molar-refractivity contribution in [3.05, 3.63) is 70.3 Å². The molecule has 0 bridgehead atoms. The van der Waals surface area contributed by atoms with Gasteiger partial charge >= 0.3 is 7.82 Å². The van der Waals surface area contributed by atoms with Gasteiger partial charge in [-0.1, -0.05) is 48.0 Å². The molecule has 0 radical (unpaired) electrons. The summed E-state index contributed by atoms with van der Waals surface area (Å²) in [6, 6.07) is 12.1. The summed E-state index contributed by atoms with van der Waals surface area (Å²) in [5, 5.41) is 0. The number of carbonyl (C=O) groups is 1. The van der Waals surface area contributed by atoms with Gasteiger partial charge in [0.15, 0.2) is 11.4 Å². The standard InChI is InChI=1S/C18H21O5P/c1-12-10-13(2)16(14(3)11-12)17(19)18(4,23-24(20,21)22)15-8-6-5-7-9-15/h5-11H,1-4H3,(H2,20,21,22). The third-order valence-electron chi connectivity index (χ3n) is 3.96. The van der Waals surface area contributed by atoms with Gasteiger partial charge in [-0.3, -0.25) is 9.32 Å². The highest BCUT2D eigenvalue weighted by Gasteiger charge is 2.43. The largest absolute Gasteiger partial charge is 0.470 e. The van der Waals surface area contributed by atoms with Crippen LogP contribution in [-0.2, 0) is 14.7 Å². The van der Waals surface area contributed by atoms with Crippen LogP contribution in [0.1, 0.15) is 39.5 Å². The Bertz CT molecular complexity index is 786. The van der Waals surface area contributed by atoms with Gasteiger partial charge in [-0.15, -0.1) is 0 Å². The summed E-state index contributed by atoms with van der Waals surface area (Å²) in [6.45, 7) is 6.92. The van der Waals surface area contributed by atoms with Gasteiger partial charge in [0.05, 0.1) is 0 Å². The summed E-state index contributed by atoms with van der Waals surface area (Å²) in [4.78, 5) is 31.9. The van der Waals surface area contributed by atoms with Crippen molar-refractivity contribution in [2.24, 2.45) is 0 Å². The first-order chi connectivity index (χ1) is 11.0. The van der Waals surface area contributed by atoms with Crippen molar-refractivity contribution in [3.63, 3.8) is 0 Å². The average Bonchev–Trinajstić information content (AvgIpc) is 2.45. The van der Waals surface area contributed by atoms with Crippen LogP contribution in [0.5, 0.6) is 0 Å². The summed E-state index contributed by atoms with van der Waals surface area (Å²) in [7, 11) is -4.89. The van der Waals surface area contributed by atoms with Gasteiger partial charge in [0.25, 0.3) is 0 Å². The molecule has 0 fully saturated rings. The molecule has 0 spiro atoms. The molecule has 0 saturated carbocycles. The fourth-order valence-electron chi connectivity index (χ4n) is 3.00. The molecule has 0 aliphatic heterocycles. The molecule has 0 saturated heterocycles. The van der Waals surface area contributed by atoms with Crippen molar-refractivity contribution in [1.29, 1.82) is 0 Å². The van der Waals surface area contributed by atoms with Crippen LogP contribution in [0.15, 0.2) is 42.5 Å². The molecule has 2 N–H and O–H groups in total. The second-order valence-corrected chi connectivity index (χ2v) is 7.25. The molecule has 6 heteroatoms. The molecule has 1 unspecified atom stereocenters. The van der Waals surface area contributed by atoms with Crippen molar-refractivity contribution < 1.29 is 23.7 Å². The first-order valence-electron chi connectivity index (χ1n) is 7.49. The molecule has 0 aliphatic rings. The minimum atomic E-state index is -4.89. The maximum Gasteiger partial charge on any atom is 0.470 e. The molecular weight excluding hydrogens is 327 g/mol. The maximum atomic E-state index is 13.2. The van der Waals surface area contributed by atoms with Crippen LogP contribution in [-0.4, -0.2) is 15.6 Å². The Morgan fingerprint density at radius 2 is 1.54 bits per heavy atom. The number of benzene rings is 2. The first kappa shape index (κ1) is 18.6. The van der Waals surface area contributed by atoms with Gasteiger partial charge in [0, 0.05) is 5.56 Å². The minimum Gasteiger partial charge on any atom is -0.303 e. The second-order valence-electron chi connectivity index (χ2n) is 6.08. The third kappa shape index (κ3) is 3.82. The number of hydrogen-bond acceptors (Lipinski definition) is 3. The zero-order valence-electron chi connectivity index (χ0n) is 14.1. The van der Waals surface area contributed by atoms with E-state index in [1.807, 2.05) is 19.1 Å². The van der Waals surface area contributed by atoms with E-state index >= 15 is 0 Å². The van der Waals surface area contributed by atoms with Crippen LogP contribution < -0.4 is 0 Å². The first-order valence-corrected chi connectivity index (χ1v) is 9.02. The number of ketones is 1. The quantitative estimate of drug-likeness (QED) is 0.634. The van der Waals surface area contributed by atoms with Gasteiger partial charge in [-0.05, 0) is 44.4 Å². The van der Waals surface area contributed by atoms with Crippen LogP contribution in [0.25, 0.3) is 0 Å². The van der Waals surface area contributed by atoms with Crippen molar-refractivity contribution >= 4 is 13.6 Å². The Balaban J connectivity index is 2.65.